The second-order valence-corrected chi connectivity index (χ2v) is 18.5. The molecule has 1 fully saturated rings. The number of hydrogen-bond donors (Lipinski definition) is 5. The lowest BCUT2D eigenvalue weighted by Gasteiger charge is -2.35. The van der Waals surface area contributed by atoms with E-state index >= 15 is 0 Å². The standard InChI is InChI=1S/C51H56N6O8S/c1-31(33-12-14-35(15-13-33)47-32(2)54-30-66-47)55-49(62)43-24-39(60)29-57(43)50(63)48(51(3,4)5)56-46(61)11-9-7-6-8-10-22-64-45-25-38(59)18-16-34(45)17-20-40-26-41(36(27-52)28-53)42-23-37(58)19-21-44(42)65-40/h12-21,23,25-26,30-31,39,43,48,58-60H,6-11,22,24,29H2,1-5H3,(H,55,62)(H,56,61). The predicted molar refractivity (Wildman–Crippen MR) is 252 cm³/mol. The minimum atomic E-state index is -0.909. The number of benzene rings is 3. The molecule has 0 spiro atoms. The molecule has 14 nitrogen and oxygen atoms in total. The van der Waals surface area contributed by atoms with Gasteiger partial charge in [-0.3, -0.25) is 14.4 Å². The topological polar surface area (TPSA) is 218 Å². The van der Waals surface area contributed by atoms with Crippen LogP contribution < -0.4 is 20.1 Å². The Bertz CT molecular complexity index is 2580. The van der Waals surface area contributed by atoms with Gasteiger partial charge in [-0.05, 0) is 91.8 Å². The van der Waals surface area contributed by atoms with Crippen molar-refractivity contribution in [3.8, 4) is 45.6 Å². The molecule has 66 heavy (non-hydrogen) atoms. The molecular weight excluding hydrogens is 857 g/mol. The van der Waals surface area contributed by atoms with Gasteiger partial charge >= 0.3 is 0 Å². The smallest absolute Gasteiger partial charge is 0.246 e. The van der Waals surface area contributed by atoms with Crippen LogP contribution in [0.25, 0.3) is 22.1 Å². The molecule has 0 saturated carbocycles. The highest BCUT2D eigenvalue weighted by molar-refractivity contribution is 7.13. The van der Waals surface area contributed by atoms with Gasteiger partial charge in [-0.1, -0.05) is 64.3 Å². The van der Waals surface area contributed by atoms with E-state index in [0.717, 1.165) is 47.4 Å². The molecule has 5 N–H and O–H groups in total. The molecule has 3 amide bonds. The van der Waals surface area contributed by atoms with E-state index in [9.17, 15) is 40.2 Å². The predicted octanol–water partition coefficient (Wildman–Crippen LogP) is 8.41. The van der Waals surface area contributed by atoms with Gasteiger partial charge in [-0.2, -0.15) is 10.5 Å². The second-order valence-electron chi connectivity index (χ2n) is 17.6. The third-order valence-electron chi connectivity index (χ3n) is 11.6. The molecule has 1 aromatic heterocycles. The highest BCUT2D eigenvalue weighted by Crippen LogP contribution is 2.38. The van der Waals surface area contributed by atoms with Crippen molar-refractivity contribution < 1.29 is 39.2 Å². The fourth-order valence-electron chi connectivity index (χ4n) is 7.93. The Balaban J connectivity index is 0.953. The molecular formula is C51H56N6O8S. The number of aliphatic hydroxyl groups is 1. The summed E-state index contributed by atoms with van der Waals surface area (Å²) in [5, 5.41) is 55.9. The number of aromatic hydroxyl groups is 2. The molecule has 4 atom stereocenters. The summed E-state index contributed by atoms with van der Waals surface area (Å²) in [6.45, 7) is 9.80. The maximum Gasteiger partial charge on any atom is 0.246 e. The van der Waals surface area contributed by atoms with Crippen molar-refractivity contribution in [3.05, 3.63) is 112 Å². The molecule has 1 saturated heterocycles. The van der Waals surface area contributed by atoms with Crippen LogP contribution in [0.4, 0.5) is 0 Å². The number of carbonyl (C=O) groups is 3. The number of rotatable bonds is 17. The Labute approximate surface area is 389 Å². The normalized spacial score (nSPS) is 16.6. The molecule has 6 rings (SSSR count). The Morgan fingerprint density at radius 1 is 0.970 bits per heavy atom. The van der Waals surface area contributed by atoms with Crippen LogP contribution in [-0.2, 0) is 14.4 Å². The number of nitrogens with one attached hydrogen (secondary N) is 2. The minimum absolute atomic E-state index is 0.00642. The lowest BCUT2D eigenvalue weighted by Crippen LogP contribution is -2.57. The highest BCUT2D eigenvalue weighted by Gasteiger charge is 2.44. The van der Waals surface area contributed by atoms with Gasteiger partial charge in [-0.25, -0.2) is 4.98 Å². The monoisotopic (exact) mass is 912 g/mol. The first-order chi connectivity index (χ1) is 31.6. The molecule has 15 heteroatoms. The van der Waals surface area contributed by atoms with Gasteiger partial charge in [0.05, 0.1) is 34.8 Å². The second kappa shape index (κ2) is 21.8. The number of carbonyl (C=O) groups excluding carboxylic acids is 3. The van der Waals surface area contributed by atoms with Crippen LogP contribution in [0, 0.1) is 35.0 Å². The molecule has 4 aromatic rings. The van der Waals surface area contributed by atoms with Crippen molar-refractivity contribution in [1.82, 2.24) is 20.5 Å². The van der Waals surface area contributed by atoms with E-state index in [4.69, 9.17) is 9.47 Å². The third kappa shape index (κ3) is 12.2. The number of likely N-dealkylation sites (tertiary alicyclic amines) is 1. The number of amides is 3. The third-order valence-corrected chi connectivity index (χ3v) is 12.5. The minimum Gasteiger partial charge on any atom is -0.508 e. The molecule has 0 radical (unpaired) electrons. The van der Waals surface area contributed by atoms with Crippen molar-refractivity contribution in [2.45, 2.75) is 104 Å². The molecule has 4 unspecified atom stereocenters. The molecule has 0 aliphatic carbocycles. The lowest BCUT2D eigenvalue weighted by molar-refractivity contribution is -0.144. The van der Waals surface area contributed by atoms with Crippen molar-refractivity contribution >= 4 is 40.7 Å². The summed E-state index contributed by atoms with van der Waals surface area (Å²) >= 11 is 1.57. The number of aryl methyl sites for hydroxylation is 1. The summed E-state index contributed by atoms with van der Waals surface area (Å²) in [5.74, 6) is 0.155. The number of aliphatic hydroxyl groups excluding tert-OH is 1. The number of aromatic nitrogens is 1. The van der Waals surface area contributed by atoms with Gasteiger partial charge < -0.3 is 40.3 Å². The fraction of sp³-hybridized carbons (Fsp3) is 0.373. The SMILES string of the molecule is Cc1ncsc1-c1ccc(C(C)NC(=O)C2CC(O)CN2C(=O)C(NC(=O)CCCCCCCOc2cc(O)ccc2C=CC2=CC(=C(C#N)C#N)c3cc(O)ccc3O2)C(C)(C)C)cc1. The van der Waals surface area contributed by atoms with E-state index in [1.54, 1.807) is 41.7 Å². The molecule has 3 aromatic carbocycles. The Kier molecular flexibility index (Phi) is 16.0. The Hall–Kier alpha value is -6.94. The molecule has 2 aliphatic heterocycles. The number of hydrogen-bond acceptors (Lipinski definition) is 12. The number of ether oxygens (including phenoxy) is 2. The lowest BCUT2D eigenvalue weighted by atomic mass is 9.85. The number of β-amino-alcohol motifs (C(OH)–C–C–N with tert-alkyl or cyclic N) is 1. The summed E-state index contributed by atoms with van der Waals surface area (Å²) < 4.78 is 12.0. The number of allylic oxidation sites excluding steroid dienone is 4. The van der Waals surface area contributed by atoms with E-state index in [1.165, 1.54) is 29.2 Å². The summed E-state index contributed by atoms with van der Waals surface area (Å²) in [6.07, 6.45) is 8.19. The van der Waals surface area contributed by atoms with E-state index in [1.807, 2.05) is 76.5 Å². The maximum absolute atomic E-state index is 14.1. The average molecular weight is 913 g/mol. The van der Waals surface area contributed by atoms with Gasteiger partial charge in [0.25, 0.3) is 0 Å². The molecule has 3 heterocycles. The molecule has 2 aliphatic rings. The maximum atomic E-state index is 14.1. The zero-order chi connectivity index (χ0) is 47.5. The van der Waals surface area contributed by atoms with Crippen molar-refractivity contribution in [2.24, 2.45) is 5.41 Å². The van der Waals surface area contributed by atoms with E-state index in [-0.39, 0.29) is 54.3 Å². The van der Waals surface area contributed by atoms with Crippen LogP contribution in [-0.4, -0.2) is 74.3 Å². The van der Waals surface area contributed by atoms with Crippen LogP contribution in [0.2, 0.25) is 0 Å². The van der Waals surface area contributed by atoms with Crippen molar-refractivity contribution in [2.75, 3.05) is 13.2 Å². The number of thiazole rings is 1. The van der Waals surface area contributed by atoms with Crippen LogP contribution in [0.15, 0.2) is 89.7 Å². The zero-order valence-corrected chi connectivity index (χ0v) is 38.7. The van der Waals surface area contributed by atoms with Crippen molar-refractivity contribution in [1.29, 1.82) is 10.5 Å². The van der Waals surface area contributed by atoms with E-state index in [0.29, 0.717) is 47.0 Å². The van der Waals surface area contributed by atoms with Gasteiger partial charge in [0.1, 0.15) is 58.6 Å². The fourth-order valence-corrected chi connectivity index (χ4v) is 8.75. The Morgan fingerprint density at radius 3 is 2.36 bits per heavy atom. The van der Waals surface area contributed by atoms with Crippen LogP contribution in [0.1, 0.15) is 101 Å². The highest BCUT2D eigenvalue weighted by atomic mass is 32.1. The number of unbranched alkanes of at least 4 members (excludes halogenated alkanes) is 4. The average Bonchev–Trinajstić information content (AvgIpc) is 3.91. The first kappa shape index (κ1) is 48.5. The quantitative estimate of drug-likeness (QED) is 0.0500. The number of nitrogens with zero attached hydrogens (tertiary/aromatic N) is 4. The van der Waals surface area contributed by atoms with Gasteiger partial charge in [0.2, 0.25) is 17.7 Å². The van der Waals surface area contributed by atoms with Gasteiger partial charge in [0.15, 0.2) is 0 Å². The number of fused-ring (bicyclic) bond motifs is 1. The Morgan fingerprint density at radius 2 is 1.67 bits per heavy atom. The summed E-state index contributed by atoms with van der Waals surface area (Å²) in [7, 11) is 0. The number of phenols is 2. The first-order valence-corrected chi connectivity index (χ1v) is 22.9. The van der Waals surface area contributed by atoms with Crippen LogP contribution >= 0.6 is 11.3 Å². The summed E-state index contributed by atoms with van der Waals surface area (Å²) in [6, 6.07) is 18.8. The van der Waals surface area contributed by atoms with Crippen LogP contribution in [0.3, 0.4) is 0 Å². The largest absolute Gasteiger partial charge is 0.508 e. The first-order valence-electron chi connectivity index (χ1n) is 22.1. The van der Waals surface area contributed by atoms with E-state index in [2.05, 4.69) is 15.6 Å². The summed E-state index contributed by atoms with van der Waals surface area (Å²) in [5.41, 5.74) is 5.33. The summed E-state index contributed by atoms with van der Waals surface area (Å²) in [4.78, 5) is 47.8. The zero-order valence-electron chi connectivity index (χ0n) is 37.8. The van der Waals surface area contributed by atoms with E-state index < -0.39 is 29.5 Å². The van der Waals surface area contributed by atoms with Crippen LogP contribution in [0.5, 0.6) is 23.0 Å². The van der Waals surface area contributed by atoms with Gasteiger partial charge in [-0.15, -0.1) is 11.3 Å². The number of phenolic OH excluding ortho intramolecular Hbond substituents is 2. The van der Waals surface area contributed by atoms with Gasteiger partial charge in [0, 0.05) is 42.2 Å². The number of nitriles is 2. The molecule has 0 bridgehead atoms. The molecule has 344 valence electrons. The van der Waals surface area contributed by atoms with Crippen molar-refractivity contribution in [3.63, 3.8) is 0 Å².